The molecule has 0 aromatic heterocycles. The topological polar surface area (TPSA) is 40.6 Å². The van der Waals surface area contributed by atoms with E-state index in [-0.39, 0.29) is 10.7 Å². The van der Waals surface area contributed by atoms with E-state index >= 15 is 0 Å². The lowest BCUT2D eigenvalue weighted by molar-refractivity contribution is 0.384. The van der Waals surface area contributed by atoms with Crippen LogP contribution < -0.4 is 4.90 Å². The first kappa shape index (κ1) is 16.9. The molecule has 24 heavy (non-hydrogen) atoms. The zero-order valence-corrected chi connectivity index (χ0v) is 14.1. The summed E-state index contributed by atoms with van der Waals surface area (Å²) in [6.07, 6.45) is 0. The lowest BCUT2D eigenvalue weighted by atomic mass is 10.2. The first-order chi connectivity index (χ1) is 11.4. The van der Waals surface area contributed by atoms with Crippen LogP contribution in [0, 0.1) is 18.6 Å². The summed E-state index contributed by atoms with van der Waals surface area (Å²) in [4.78, 5) is 2.05. The Kier molecular flexibility index (Phi) is 4.56. The molecule has 0 unspecified atom stereocenters. The Morgan fingerprint density at radius 1 is 0.958 bits per heavy atom. The van der Waals surface area contributed by atoms with Crippen molar-refractivity contribution in [2.75, 3.05) is 31.1 Å². The fourth-order valence-electron chi connectivity index (χ4n) is 2.79. The Labute approximate surface area is 140 Å². The van der Waals surface area contributed by atoms with Crippen LogP contribution in [0.2, 0.25) is 0 Å². The van der Waals surface area contributed by atoms with Crippen molar-refractivity contribution in [1.82, 2.24) is 4.31 Å². The second-order valence-corrected chi connectivity index (χ2v) is 7.72. The molecule has 2 aromatic carbocycles. The predicted octanol–water partition coefficient (Wildman–Crippen LogP) is 2.78. The fraction of sp³-hybridized carbons (Fsp3) is 0.294. The third-order valence-corrected chi connectivity index (χ3v) is 6.07. The van der Waals surface area contributed by atoms with Gasteiger partial charge in [-0.1, -0.05) is 6.07 Å². The number of rotatable bonds is 3. The van der Waals surface area contributed by atoms with E-state index in [4.69, 9.17) is 0 Å². The largest absolute Gasteiger partial charge is 0.369 e. The van der Waals surface area contributed by atoms with Gasteiger partial charge in [0.25, 0.3) is 0 Å². The van der Waals surface area contributed by atoms with Crippen molar-refractivity contribution in [1.29, 1.82) is 0 Å². The SMILES string of the molecule is Cc1cc(S(=O)(=O)N2CCN(c3cccc(F)c3)CC2)ccc1F. The van der Waals surface area contributed by atoms with Crippen LogP contribution in [0.3, 0.4) is 0 Å². The highest BCUT2D eigenvalue weighted by Gasteiger charge is 2.29. The average Bonchev–Trinajstić information content (AvgIpc) is 2.57. The van der Waals surface area contributed by atoms with Gasteiger partial charge in [-0.05, 0) is 48.9 Å². The molecule has 0 saturated carbocycles. The second-order valence-electron chi connectivity index (χ2n) is 5.78. The highest BCUT2D eigenvalue weighted by atomic mass is 32.2. The second kappa shape index (κ2) is 6.49. The van der Waals surface area contributed by atoms with E-state index in [9.17, 15) is 17.2 Å². The van der Waals surface area contributed by atoms with Crippen LogP contribution in [0.25, 0.3) is 0 Å². The van der Waals surface area contributed by atoms with Crippen molar-refractivity contribution >= 4 is 15.7 Å². The quantitative estimate of drug-likeness (QED) is 0.853. The predicted molar refractivity (Wildman–Crippen MR) is 88.5 cm³/mol. The maximum atomic E-state index is 13.4. The maximum absolute atomic E-state index is 13.4. The number of hydrogen-bond donors (Lipinski definition) is 0. The molecule has 1 heterocycles. The molecule has 0 atom stereocenters. The highest BCUT2D eigenvalue weighted by molar-refractivity contribution is 7.89. The van der Waals surface area contributed by atoms with Crippen LogP contribution in [-0.2, 0) is 10.0 Å². The number of hydrogen-bond acceptors (Lipinski definition) is 3. The van der Waals surface area contributed by atoms with Crippen LogP contribution in [0.15, 0.2) is 47.4 Å². The minimum absolute atomic E-state index is 0.0978. The molecule has 128 valence electrons. The molecule has 1 saturated heterocycles. The minimum atomic E-state index is -3.65. The van der Waals surface area contributed by atoms with E-state index in [1.165, 1.54) is 41.6 Å². The molecule has 4 nitrogen and oxygen atoms in total. The zero-order chi connectivity index (χ0) is 17.3. The molecular formula is C17H18F2N2O2S. The fourth-order valence-corrected chi connectivity index (χ4v) is 4.29. The Balaban J connectivity index is 1.74. The van der Waals surface area contributed by atoms with Gasteiger partial charge < -0.3 is 4.90 Å². The van der Waals surface area contributed by atoms with Gasteiger partial charge >= 0.3 is 0 Å². The Morgan fingerprint density at radius 2 is 1.67 bits per heavy atom. The van der Waals surface area contributed by atoms with Crippen molar-refractivity contribution in [3.05, 3.63) is 59.7 Å². The third-order valence-electron chi connectivity index (χ3n) is 4.18. The molecule has 3 rings (SSSR count). The molecule has 0 spiro atoms. The molecule has 0 amide bonds. The lowest BCUT2D eigenvalue weighted by Crippen LogP contribution is -2.48. The average molecular weight is 352 g/mol. The monoisotopic (exact) mass is 352 g/mol. The smallest absolute Gasteiger partial charge is 0.243 e. The summed E-state index contributed by atoms with van der Waals surface area (Å²) in [6.45, 7) is 3.09. The first-order valence-corrected chi connectivity index (χ1v) is 9.09. The Hall–Kier alpha value is -1.99. The molecule has 1 fully saturated rings. The summed E-state index contributed by atoms with van der Waals surface area (Å²) < 4.78 is 53.4. The van der Waals surface area contributed by atoms with E-state index in [1.807, 2.05) is 4.90 Å². The van der Waals surface area contributed by atoms with Gasteiger partial charge in [-0.2, -0.15) is 4.31 Å². The summed E-state index contributed by atoms with van der Waals surface area (Å²) in [5.74, 6) is -0.741. The number of sulfonamides is 1. The van der Waals surface area contributed by atoms with E-state index in [0.717, 1.165) is 5.69 Å². The van der Waals surface area contributed by atoms with Gasteiger partial charge in [-0.25, -0.2) is 17.2 Å². The van der Waals surface area contributed by atoms with Gasteiger partial charge in [0.05, 0.1) is 4.90 Å². The van der Waals surface area contributed by atoms with E-state index in [1.54, 1.807) is 12.1 Å². The van der Waals surface area contributed by atoms with Crippen LogP contribution in [0.4, 0.5) is 14.5 Å². The van der Waals surface area contributed by atoms with E-state index in [0.29, 0.717) is 31.7 Å². The van der Waals surface area contributed by atoms with Gasteiger partial charge in [0, 0.05) is 31.9 Å². The Morgan fingerprint density at radius 3 is 2.29 bits per heavy atom. The molecule has 1 aliphatic rings. The van der Waals surface area contributed by atoms with Crippen LogP contribution >= 0.6 is 0 Å². The normalized spacial score (nSPS) is 16.4. The number of aryl methyl sites for hydroxylation is 1. The molecule has 1 aliphatic heterocycles. The molecule has 0 N–H and O–H groups in total. The van der Waals surface area contributed by atoms with Gasteiger partial charge in [0.1, 0.15) is 11.6 Å². The number of piperazine rings is 1. The van der Waals surface area contributed by atoms with Crippen molar-refractivity contribution < 1.29 is 17.2 Å². The number of nitrogens with zero attached hydrogens (tertiary/aromatic N) is 2. The summed E-state index contributed by atoms with van der Waals surface area (Å²) in [7, 11) is -3.65. The lowest BCUT2D eigenvalue weighted by Gasteiger charge is -2.35. The summed E-state index contributed by atoms with van der Waals surface area (Å²) >= 11 is 0. The molecule has 0 radical (unpaired) electrons. The summed E-state index contributed by atoms with van der Waals surface area (Å²) in [5.41, 5.74) is 1.04. The van der Waals surface area contributed by atoms with E-state index in [2.05, 4.69) is 0 Å². The van der Waals surface area contributed by atoms with Crippen LogP contribution in [0.1, 0.15) is 5.56 Å². The van der Waals surface area contributed by atoms with Crippen LogP contribution in [0.5, 0.6) is 0 Å². The number of anilines is 1. The maximum Gasteiger partial charge on any atom is 0.243 e. The molecular weight excluding hydrogens is 334 g/mol. The van der Waals surface area contributed by atoms with Crippen LogP contribution in [-0.4, -0.2) is 38.9 Å². The standard InChI is InChI=1S/C17H18F2N2O2S/c1-13-11-16(5-6-17(13)19)24(22,23)21-9-7-20(8-10-21)15-4-2-3-14(18)12-15/h2-6,11-12H,7-10H2,1H3. The zero-order valence-electron chi connectivity index (χ0n) is 13.2. The third kappa shape index (κ3) is 3.27. The first-order valence-electron chi connectivity index (χ1n) is 7.65. The molecule has 2 aromatic rings. The van der Waals surface area contributed by atoms with Crippen molar-refractivity contribution in [2.24, 2.45) is 0 Å². The molecule has 0 aliphatic carbocycles. The number of halogens is 2. The summed E-state index contributed by atoms with van der Waals surface area (Å²) in [5, 5.41) is 0. The minimum Gasteiger partial charge on any atom is -0.369 e. The van der Waals surface area contributed by atoms with Gasteiger partial charge in [-0.15, -0.1) is 0 Å². The van der Waals surface area contributed by atoms with Gasteiger partial charge in [-0.3, -0.25) is 0 Å². The van der Waals surface area contributed by atoms with E-state index < -0.39 is 15.8 Å². The summed E-state index contributed by atoms with van der Waals surface area (Å²) in [6, 6.07) is 10.1. The van der Waals surface area contributed by atoms with Crippen molar-refractivity contribution in [2.45, 2.75) is 11.8 Å². The number of benzene rings is 2. The van der Waals surface area contributed by atoms with Crippen molar-refractivity contribution in [3.8, 4) is 0 Å². The van der Waals surface area contributed by atoms with Gasteiger partial charge in [0.2, 0.25) is 10.0 Å². The molecule has 0 bridgehead atoms. The molecule has 7 heteroatoms. The Bertz CT molecular complexity index is 847. The van der Waals surface area contributed by atoms with Gasteiger partial charge in [0.15, 0.2) is 0 Å². The van der Waals surface area contributed by atoms with Crippen molar-refractivity contribution in [3.63, 3.8) is 0 Å². The highest BCUT2D eigenvalue weighted by Crippen LogP contribution is 2.23.